The molecule has 0 radical (unpaired) electrons. The molecule has 0 aliphatic rings. The van der Waals surface area contributed by atoms with E-state index in [0.717, 1.165) is 84.2 Å². The predicted molar refractivity (Wildman–Crippen MR) is 327 cm³/mol. The Balaban J connectivity index is 0.782. The molecule has 0 spiro atoms. The summed E-state index contributed by atoms with van der Waals surface area (Å²) in [7, 11) is -2.21. The lowest BCUT2D eigenvalue weighted by molar-refractivity contribution is -0.137. The summed E-state index contributed by atoms with van der Waals surface area (Å²) in [5.41, 5.74) is 13.0. The number of H-pyrrole nitrogens is 2. The lowest BCUT2D eigenvalue weighted by Gasteiger charge is -2.26. The number of aromatic nitrogens is 12. The molecule has 0 fully saturated rings. The van der Waals surface area contributed by atoms with Gasteiger partial charge in [0, 0.05) is 70.2 Å². The minimum atomic E-state index is -4.55. The van der Waals surface area contributed by atoms with Crippen LogP contribution in [0.15, 0.2) is 194 Å². The summed E-state index contributed by atoms with van der Waals surface area (Å²) in [6.07, 6.45) is 2.24. The van der Waals surface area contributed by atoms with E-state index in [9.17, 15) is 21.6 Å². The van der Waals surface area contributed by atoms with Gasteiger partial charge in [0.25, 0.3) is 0 Å². The van der Waals surface area contributed by atoms with E-state index in [2.05, 4.69) is 50.6 Å². The molecule has 0 saturated heterocycles. The minimum Gasteiger partial charge on any atom is -0.345 e. The van der Waals surface area contributed by atoms with Gasteiger partial charge in [-0.05, 0) is 141 Å². The van der Waals surface area contributed by atoms with Crippen molar-refractivity contribution in [3.05, 3.63) is 206 Å². The van der Waals surface area contributed by atoms with E-state index in [0.29, 0.717) is 39.8 Å². The Kier molecular flexibility index (Phi) is 13.8. The summed E-state index contributed by atoms with van der Waals surface area (Å²) < 4.78 is 74.9. The fourth-order valence-electron chi connectivity index (χ4n) is 10.4. The maximum atomic E-state index is 14.3. The molecule has 7 aromatic carbocycles. The first-order valence-corrected chi connectivity index (χ1v) is 28.6. The van der Waals surface area contributed by atoms with E-state index in [-0.39, 0.29) is 34.8 Å². The zero-order chi connectivity index (χ0) is 59.3. The van der Waals surface area contributed by atoms with Gasteiger partial charge in [-0.25, -0.2) is 58.0 Å². The van der Waals surface area contributed by atoms with Gasteiger partial charge in [0.15, 0.2) is 0 Å². The number of rotatable bonds is 16. The van der Waals surface area contributed by atoms with Gasteiger partial charge in [-0.3, -0.25) is 0 Å². The maximum Gasteiger partial charge on any atom is 0.416 e. The van der Waals surface area contributed by atoms with Crippen molar-refractivity contribution in [2.45, 2.75) is 43.8 Å². The highest BCUT2D eigenvalue weighted by molar-refractivity contribution is 7.89. The number of nitrogens with zero attached hydrogens (tertiary/aromatic N) is 10. The van der Waals surface area contributed by atoms with E-state index < -0.39 is 27.3 Å². The van der Waals surface area contributed by atoms with Crippen molar-refractivity contribution < 1.29 is 21.6 Å². The SMILES string of the molecule is Cc1c(-c2cccc(Nc3nc(CC(C)(C)NS(=O)(=O)c4cccc(Nc5nccc(-c6ccc7[nH]cnc7c6)n5)c4)cc(-c4ccc5[nH]cnc5c4)n3)c2)cccc1-c1cc(-c2ccc3c(c2)ncn3C)nc(Nc2cccc(C(F)(F)F)c2)n1. The van der Waals surface area contributed by atoms with Gasteiger partial charge >= 0.3 is 6.18 Å². The molecule has 0 saturated carbocycles. The number of nitrogens with one attached hydrogen (secondary N) is 6. The average molecular weight is 1170 g/mol. The third-order valence-corrected chi connectivity index (χ3v) is 16.2. The molecular weight excluding hydrogens is 1110 g/mol. The molecule has 86 heavy (non-hydrogen) atoms. The second-order valence-electron chi connectivity index (χ2n) is 21.3. The maximum absolute atomic E-state index is 14.3. The van der Waals surface area contributed by atoms with E-state index in [1.165, 1.54) is 24.3 Å². The number of aryl methyl sites for hydroxylation is 1. The first-order chi connectivity index (χ1) is 41.4. The molecular formula is C64H51F3N16O2S. The van der Waals surface area contributed by atoms with Gasteiger partial charge < -0.3 is 30.5 Å². The lowest BCUT2D eigenvalue weighted by atomic mass is 9.94. The number of hydrogen-bond acceptors (Lipinski definition) is 14. The van der Waals surface area contributed by atoms with Crippen LogP contribution in [0.1, 0.15) is 30.7 Å². The standard InChI is InChI=1S/C64H51F3N16O2S/c1-37-48(15-8-16-49(37)55-32-54(41-19-22-59-58(28-41)73-36-83(59)4)80-62(81-55)76-44-12-6-10-42(29-44)64(65,66)67)38-9-5-11-43(25-38)75-61-77-46(31-53(79-61)40-18-21-52-57(27-40)72-35-70-52)33-63(2,3)82-86(84,85)47-14-7-13-45(30-47)74-60-68-24-23-50(78-60)39-17-20-51-56(26-39)71-34-69-51/h5-32,34-36,82H,33H2,1-4H3,(H,69,71)(H,70,72)(H,68,74,78)(H,75,77,79)(H,76,80,81). The van der Waals surface area contributed by atoms with Crippen LogP contribution < -0.4 is 20.7 Å². The van der Waals surface area contributed by atoms with Crippen molar-refractivity contribution in [1.29, 1.82) is 0 Å². The van der Waals surface area contributed by atoms with Gasteiger partial charge in [-0.15, -0.1) is 0 Å². The lowest BCUT2D eigenvalue weighted by Crippen LogP contribution is -2.45. The van der Waals surface area contributed by atoms with Gasteiger partial charge in [-0.1, -0.05) is 60.7 Å². The largest absolute Gasteiger partial charge is 0.416 e. The first-order valence-electron chi connectivity index (χ1n) is 27.1. The highest BCUT2D eigenvalue weighted by atomic mass is 32.2. The molecule has 6 N–H and O–H groups in total. The average Bonchev–Trinajstić information content (AvgIpc) is 1.92. The van der Waals surface area contributed by atoms with Crippen molar-refractivity contribution in [2.75, 3.05) is 16.0 Å². The molecule has 18 nitrogen and oxygen atoms in total. The third-order valence-electron chi connectivity index (χ3n) is 14.5. The van der Waals surface area contributed by atoms with E-state index in [1.54, 1.807) is 57.2 Å². The van der Waals surface area contributed by atoms with E-state index in [1.807, 2.05) is 128 Å². The monoisotopic (exact) mass is 1160 g/mol. The molecule has 0 amide bonds. The number of fused-ring (bicyclic) bond motifs is 3. The first kappa shape index (κ1) is 54.5. The normalized spacial score (nSPS) is 12.1. The van der Waals surface area contributed by atoms with Gasteiger partial charge in [0.2, 0.25) is 27.9 Å². The van der Waals surface area contributed by atoms with Crippen molar-refractivity contribution in [1.82, 2.24) is 64.1 Å². The summed E-state index contributed by atoms with van der Waals surface area (Å²) >= 11 is 0. The van der Waals surface area contributed by atoms with Crippen molar-refractivity contribution in [2.24, 2.45) is 7.05 Å². The second kappa shape index (κ2) is 21.8. The Morgan fingerprint density at radius 2 is 1.10 bits per heavy atom. The molecule has 0 aliphatic carbocycles. The molecule has 0 atom stereocenters. The Labute approximate surface area is 490 Å². The highest BCUT2D eigenvalue weighted by Crippen LogP contribution is 2.37. The fraction of sp³-hybridized carbons (Fsp3) is 0.109. The summed E-state index contributed by atoms with van der Waals surface area (Å²) in [6.45, 7) is 5.59. The Morgan fingerprint density at radius 1 is 0.523 bits per heavy atom. The fourth-order valence-corrected chi connectivity index (χ4v) is 11.9. The molecule has 6 aromatic heterocycles. The van der Waals surface area contributed by atoms with Gasteiger partial charge in [0.1, 0.15) is 0 Å². The number of anilines is 6. The summed E-state index contributed by atoms with van der Waals surface area (Å²) in [4.78, 5) is 48.4. The van der Waals surface area contributed by atoms with Crippen LogP contribution in [-0.4, -0.2) is 73.3 Å². The van der Waals surface area contributed by atoms with Crippen LogP contribution in [0.2, 0.25) is 0 Å². The topological polar surface area (TPSA) is 235 Å². The number of sulfonamides is 1. The number of alkyl halides is 3. The van der Waals surface area contributed by atoms with Crippen LogP contribution in [0.25, 0.3) is 89.3 Å². The van der Waals surface area contributed by atoms with Crippen LogP contribution in [0, 0.1) is 6.92 Å². The highest BCUT2D eigenvalue weighted by Gasteiger charge is 2.31. The molecule has 0 unspecified atom stereocenters. The third kappa shape index (κ3) is 11.5. The molecule has 0 bridgehead atoms. The van der Waals surface area contributed by atoms with Crippen LogP contribution in [0.3, 0.4) is 0 Å². The Hall–Kier alpha value is -10.7. The number of aromatic amines is 2. The predicted octanol–water partition coefficient (Wildman–Crippen LogP) is 13.9. The minimum absolute atomic E-state index is 0.0331. The second-order valence-corrected chi connectivity index (χ2v) is 23.0. The number of halogens is 3. The zero-order valence-electron chi connectivity index (χ0n) is 46.4. The molecule has 426 valence electrons. The van der Waals surface area contributed by atoms with Crippen molar-refractivity contribution in [3.63, 3.8) is 0 Å². The summed E-state index contributed by atoms with van der Waals surface area (Å²) in [5, 5.41) is 9.65. The van der Waals surface area contributed by atoms with E-state index >= 15 is 0 Å². The van der Waals surface area contributed by atoms with Crippen molar-refractivity contribution in [3.8, 4) is 56.2 Å². The van der Waals surface area contributed by atoms with Crippen LogP contribution in [-0.2, 0) is 29.7 Å². The van der Waals surface area contributed by atoms with Crippen LogP contribution in [0.4, 0.5) is 48.1 Å². The summed E-state index contributed by atoms with van der Waals surface area (Å²) in [5.74, 6) is 0.661. The molecule has 6 heterocycles. The molecule has 13 aromatic rings. The van der Waals surface area contributed by atoms with Crippen LogP contribution in [0.5, 0.6) is 0 Å². The molecule has 22 heteroatoms. The van der Waals surface area contributed by atoms with E-state index in [4.69, 9.17) is 24.9 Å². The number of benzene rings is 7. The quantitative estimate of drug-likeness (QED) is 0.0528. The van der Waals surface area contributed by atoms with Crippen LogP contribution >= 0.6 is 0 Å². The van der Waals surface area contributed by atoms with Gasteiger partial charge in [0.05, 0.1) is 85.3 Å². The number of hydrogen-bond donors (Lipinski definition) is 6. The van der Waals surface area contributed by atoms with Gasteiger partial charge in [-0.2, -0.15) is 13.2 Å². The summed E-state index contributed by atoms with van der Waals surface area (Å²) in [6, 6.07) is 47.9. The Bertz CT molecular complexity index is 4870. The molecule has 0 aliphatic heterocycles. The zero-order valence-corrected chi connectivity index (χ0v) is 47.3. The Morgan fingerprint density at radius 3 is 1.84 bits per heavy atom. The number of imidazole rings is 3. The smallest absolute Gasteiger partial charge is 0.345 e. The molecule has 13 rings (SSSR count). The van der Waals surface area contributed by atoms with Crippen molar-refractivity contribution >= 4 is 78.0 Å².